The van der Waals surface area contributed by atoms with Gasteiger partial charge in [-0.2, -0.15) is 8.42 Å². The molecule has 7 nitrogen and oxygen atoms in total. The normalized spacial score (nSPS) is 12.7. The third kappa shape index (κ3) is 8.74. The Bertz CT molecular complexity index is 1810. The van der Waals surface area contributed by atoms with Crippen LogP contribution in [0.3, 0.4) is 0 Å². The second-order valence-electron chi connectivity index (χ2n) is 12.8. The molecule has 1 aromatic heterocycles. The molecule has 0 fully saturated rings. The van der Waals surface area contributed by atoms with Gasteiger partial charge in [0.05, 0.1) is 10.6 Å². The Balaban J connectivity index is 1.71. The summed E-state index contributed by atoms with van der Waals surface area (Å²) in [4.78, 5) is 6.36. The SMILES string of the molecule is CC(C)(C)Oc1ccc(S(OS(=O)(=O)c2ccccc2)(c2ccc(OC(C)(C)C)cc2)c2cccc(OCc3ccccn3)c2)cc1. The van der Waals surface area contributed by atoms with Crippen LogP contribution in [-0.4, -0.2) is 24.6 Å². The minimum absolute atomic E-state index is 0.0554. The van der Waals surface area contributed by atoms with Crippen molar-refractivity contribution < 1.29 is 26.3 Å². The molecule has 1 heterocycles. The van der Waals surface area contributed by atoms with Crippen molar-refractivity contribution in [3.05, 3.63) is 133 Å². The van der Waals surface area contributed by atoms with Crippen LogP contribution in [-0.2, 0) is 20.4 Å². The van der Waals surface area contributed by atoms with Gasteiger partial charge in [-0.05, 0) is 143 Å². The average molecular weight is 672 g/mol. The van der Waals surface area contributed by atoms with Crippen molar-refractivity contribution >= 4 is 20.4 Å². The maximum Gasteiger partial charge on any atom is 0.307 e. The average Bonchev–Trinajstić information content (AvgIpc) is 3.03. The molecule has 0 spiro atoms. The lowest BCUT2D eigenvalue weighted by molar-refractivity contribution is 0.130. The first-order valence-electron chi connectivity index (χ1n) is 15.3. The predicted molar refractivity (Wildman–Crippen MR) is 186 cm³/mol. The maximum absolute atomic E-state index is 14.2. The fraction of sp³-hybridized carbons (Fsp3) is 0.237. The molecule has 5 rings (SSSR count). The van der Waals surface area contributed by atoms with Crippen LogP contribution in [0.4, 0.5) is 0 Å². The minimum Gasteiger partial charge on any atom is -0.488 e. The summed E-state index contributed by atoms with van der Waals surface area (Å²) in [5.74, 6) is 1.86. The fourth-order valence-corrected chi connectivity index (χ4v) is 10.0. The molecule has 4 aromatic carbocycles. The van der Waals surface area contributed by atoms with Gasteiger partial charge in [-0.3, -0.25) is 4.98 Å². The molecule has 0 aliphatic rings. The summed E-state index contributed by atoms with van der Waals surface area (Å²) in [6.07, 6.45) is 1.71. The lowest BCUT2D eigenvalue weighted by Crippen LogP contribution is -2.23. The molecular weight excluding hydrogens is 631 g/mol. The number of nitrogens with zero attached hydrogens (tertiary/aromatic N) is 1. The van der Waals surface area contributed by atoms with Crippen LogP contribution < -0.4 is 14.2 Å². The zero-order chi connectivity index (χ0) is 33.7. The van der Waals surface area contributed by atoms with E-state index in [9.17, 15) is 8.42 Å². The second kappa shape index (κ2) is 13.8. The molecule has 5 aromatic rings. The van der Waals surface area contributed by atoms with Crippen molar-refractivity contribution in [2.75, 3.05) is 0 Å². The highest BCUT2D eigenvalue weighted by molar-refractivity contribution is 8.33. The third-order valence-electron chi connectivity index (χ3n) is 6.63. The molecule has 0 N–H and O–H groups in total. The van der Waals surface area contributed by atoms with E-state index >= 15 is 0 Å². The van der Waals surface area contributed by atoms with Crippen LogP contribution in [0.15, 0.2) is 147 Å². The van der Waals surface area contributed by atoms with E-state index in [1.54, 1.807) is 24.4 Å². The minimum atomic E-state index is -4.28. The Hall–Kier alpha value is -4.31. The van der Waals surface area contributed by atoms with E-state index in [0.717, 1.165) is 5.69 Å². The Morgan fingerprint density at radius 1 is 0.553 bits per heavy atom. The number of pyridine rings is 1. The van der Waals surface area contributed by atoms with Crippen LogP contribution in [0.5, 0.6) is 17.2 Å². The van der Waals surface area contributed by atoms with Gasteiger partial charge in [0.2, 0.25) is 0 Å². The Kier molecular flexibility index (Phi) is 10.0. The summed E-state index contributed by atoms with van der Waals surface area (Å²) in [5.41, 5.74) is -0.0649. The molecule has 0 radical (unpaired) electrons. The third-order valence-corrected chi connectivity index (χ3v) is 11.8. The van der Waals surface area contributed by atoms with E-state index in [4.69, 9.17) is 17.8 Å². The quantitative estimate of drug-likeness (QED) is 0.138. The topological polar surface area (TPSA) is 84.0 Å². The van der Waals surface area contributed by atoms with Crippen molar-refractivity contribution in [1.82, 2.24) is 4.98 Å². The first-order valence-corrected chi connectivity index (χ1v) is 18.3. The molecule has 0 atom stereocenters. The van der Waals surface area contributed by atoms with E-state index in [2.05, 4.69) is 4.98 Å². The van der Waals surface area contributed by atoms with Gasteiger partial charge in [-0.15, -0.1) is 0 Å². The Labute approximate surface area is 280 Å². The van der Waals surface area contributed by atoms with Gasteiger partial charge in [0.15, 0.2) is 0 Å². The molecule has 0 amide bonds. The molecular formula is C38H41NO6S2. The van der Waals surface area contributed by atoms with Crippen molar-refractivity contribution in [3.8, 4) is 17.2 Å². The van der Waals surface area contributed by atoms with Crippen LogP contribution in [0, 0.1) is 0 Å². The van der Waals surface area contributed by atoms with Crippen LogP contribution in [0.2, 0.25) is 0 Å². The zero-order valence-corrected chi connectivity index (χ0v) is 29.2. The van der Waals surface area contributed by atoms with Gasteiger partial charge in [-0.1, -0.05) is 30.3 Å². The lowest BCUT2D eigenvalue weighted by Gasteiger charge is -2.39. The van der Waals surface area contributed by atoms with E-state index < -0.39 is 31.6 Å². The molecule has 0 bridgehead atoms. The molecule has 9 heteroatoms. The molecule has 0 aliphatic heterocycles. The zero-order valence-electron chi connectivity index (χ0n) is 27.5. The monoisotopic (exact) mass is 671 g/mol. The van der Waals surface area contributed by atoms with Gasteiger partial charge in [0.1, 0.15) is 35.1 Å². The first-order chi connectivity index (χ1) is 22.2. The van der Waals surface area contributed by atoms with E-state index in [0.29, 0.717) is 31.9 Å². The molecule has 47 heavy (non-hydrogen) atoms. The van der Waals surface area contributed by atoms with E-state index in [1.165, 1.54) is 12.1 Å². The molecule has 0 saturated heterocycles. The Morgan fingerprint density at radius 2 is 1.09 bits per heavy atom. The summed E-state index contributed by atoms with van der Waals surface area (Å²) in [7, 11) is -7.24. The van der Waals surface area contributed by atoms with Gasteiger partial charge in [0.25, 0.3) is 0 Å². The number of ether oxygens (including phenoxy) is 3. The Morgan fingerprint density at radius 3 is 1.60 bits per heavy atom. The molecule has 246 valence electrons. The number of rotatable bonds is 11. The van der Waals surface area contributed by atoms with E-state index in [-0.39, 0.29) is 11.5 Å². The van der Waals surface area contributed by atoms with Gasteiger partial charge in [0, 0.05) is 20.9 Å². The van der Waals surface area contributed by atoms with Gasteiger partial charge < -0.3 is 14.2 Å². The van der Waals surface area contributed by atoms with Crippen LogP contribution in [0.1, 0.15) is 47.2 Å². The number of aromatic nitrogens is 1. The molecule has 0 unspecified atom stereocenters. The summed E-state index contributed by atoms with van der Waals surface area (Å²) >= 11 is 0. The van der Waals surface area contributed by atoms with Gasteiger partial charge >= 0.3 is 10.1 Å². The number of benzene rings is 4. The molecule has 0 aliphatic carbocycles. The van der Waals surface area contributed by atoms with Crippen molar-refractivity contribution in [2.24, 2.45) is 0 Å². The maximum atomic E-state index is 14.2. The predicted octanol–water partition coefficient (Wildman–Crippen LogP) is 9.62. The number of hydrogen-bond donors (Lipinski definition) is 0. The molecule has 0 saturated carbocycles. The van der Waals surface area contributed by atoms with Crippen molar-refractivity contribution in [2.45, 2.75) is 78.9 Å². The van der Waals surface area contributed by atoms with Crippen LogP contribution >= 0.6 is 10.3 Å². The second-order valence-corrected chi connectivity index (χ2v) is 17.3. The van der Waals surface area contributed by atoms with E-state index in [1.807, 2.05) is 133 Å². The largest absolute Gasteiger partial charge is 0.488 e. The highest BCUT2D eigenvalue weighted by Crippen LogP contribution is 2.71. The fourth-order valence-electron chi connectivity index (χ4n) is 4.78. The van der Waals surface area contributed by atoms with Crippen LogP contribution in [0.25, 0.3) is 0 Å². The highest BCUT2D eigenvalue weighted by Gasteiger charge is 2.39. The van der Waals surface area contributed by atoms with Crippen molar-refractivity contribution in [3.63, 3.8) is 0 Å². The number of hydrogen-bond acceptors (Lipinski definition) is 7. The summed E-state index contributed by atoms with van der Waals surface area (Å²) < 4.78 is 53.3. The lowest BCUT2D eigenvalue weighted by atomic mass is 10.2. The first kappa shape index (κ1) is 34.0. The summed E-state index contributed by atoms with van der Waals surface area (Å²) in [6, 6.07) is 36.1. The standard InChI is InChI=1S/C38H41NO6S2/c1-37(2,3)43-30-18-22-33(23-19-30)46(45-47(40,41)35-15-8-7-9-16-35,34-24-20-31(21-25-34)44-38(4,5)6)36-17-12-14-32(27-36)42-28-29-13-10-11-26-39-29/h7-27H,28H2,1-6H3. The smallest absolute Gasteiger partial charge is 0.307 e. The summed E-state index contributed by atoms with van der Waals surface area (Å²) in [5, 5.41) is 0. The summed E-state index contributed by atoms with van der Waals surface area (Å²) in [6.45, 7) is 12.1. The van der Waals surface area contributed by atoms with Gasteiger partial charge in [-0.25, -0.2) is 3.63 Å². The highest BCUT2D eigenvalue weighted by atomic mass is 32.3. The van der Waals surface area contributed by atoms with Crippen molar-refractivity contribution in [1.29, 1.82) is 0 Å².